The van der Waals surface area contributed by atoms with E-state index in [1.165, 1.54) is 4.90 Å². The van der Waals surface area contributed by atoms with Gasteiger partial charge in [-0.25, -0.2) is 4.79 Å². The number of carbonyl (C=O) groups excluding carboxylic acids is 1. The van der Waals surface area contributed by atoms with Crippen LogP contribution in [0.1, 0.15) is 13.3 Å². The minimum atomic E-state index is -0.977. The van der Waals surface area contributed by atoms with Gasteiger partial charge in [-0.05, 0) is 30.5 Å². The Balaban J connectivity index is 2.00. The second-order valence-electron chi connectivity index (χ2n) is 5.00. The number of hydrogen-bond acceptors (Lipinski definition) is 3. The van der Waals surface area contributed by atoms with Crippen LogP contribution < -0.4 is 4.74 Å². The van der Waals surface area contributed by atoms with Crippen molar-refractivity contribution in [3.05, 3.63) is 27.7 Å². The van der Waals surface area contributed by atoms with Crippen LogP contribution >= 0.6 is 27.5 Å². The van der Waals surface area contributed by atoms with Crippen LogP contribution in [-0.2, 0) is 9.59 Å². The SMILES string of the molecule is CC1CCN(C(=O)COc2ccc(Br)cc2Cl)C1C(=O)O. The van der Waals surface area contributed by atoms with Gasteiger partial charge in [-0.3, -0.25) is 4.79 Å². The number of carboxylic acids is 1. The summed E-state index contributed by atoms with van der Waals surface area (Å²) in [4.78, 5) is 24.7. The number of likely N-dealkylation sites (tertiary alicyclic amines) is 1. The quantitative estimate of drug-likeness (QED) is 0.877. The molecule has 2 rings (SSSR count). The monoisotopic (exact) mass is 375 g/mol. The molecule has 1 aliphatic rings. The molecule has 1 aromatic rings. The van der Waals surface area contributed by atoms with Crippen molar-refractivity contribution >= 4 is 39.4 Å². The molecule has 114 valence electrons. The number of aliphatic carboxylic acids is 1. The maximum Gasteiger partial charge on any atom is 0.326 e. The highest BCUT2D eigenvalue weighted by Crippen LogP contribution is 2.28. The van der Waals surface area contributed by atoms with Crippen LogP contribution in [0.5, 0.6) is 5.75 Å². The predicted octanol–water partition coefficient (Wildman–Crippen LogP) is 2.80. The summed E-state index contributed by atoms with van der Waals surface area (Å²) < 4.78 is 6.20. The first-order valence-corrected chi connectivity index (χ1v) is 7.67. The molecule has 1 saturated heterocycles. The molecule has 1 aromatic carbocycles. The third-order valence-corrected chi connectivity index (χ3v) is 4.31. The summed E-state index contributed by atoms with van der Waals surface area (Å²) in [5, 5.41) is 9.59. The van der Waals surface area contributed by atoms with E-state index in [9.17, 15) is 14.7 Å². The highest BCUT2D eigenvalue weighted by molar-refractivity contribution is 9.10. The van der Waals surface area contributed by atoms with E-state index in [0.717, 1.165) is 4.47 Å². The number of nitrogens with zero attached hydrogens (tertiary/aromatic N) is 1. The van der Waals surface area contributed by atoms with E-state index < -0.39 is 12.0 Å². The Hall–Kier alpha value is -1.27. The summed E-state index contributed by atoms with van der Waals surface area (Å²) in [7, 11) is 0. The molecular weight excluding hydrogens is 362 g/mol. The molecule has 1 amide bonds. The molecule has 5 nitrogen and oxygen atoms in total. The third kappa shape index (κ3) is 3.68. The lowest BCUT2D eigenvalue weighted by Crippen LogP contribution is -2.44. The number of benzene rings is 1. The van der Waals surface area contributed by atoms with E-state index >= 15 is 0 Å². The van der Waals surface area contributed by atoms with E-state index in [1.54, 1.807) is 18.2 Å². The molecule has 1 aliphatic heterocycles. The number of rotatable bonds is 4. The molecule has 0 aliphatic carbocycles. The third-order valence-electron chi connectivity index (χ3n) is 3.52. The first kappa shape index (κ1) is 16.1. The van der Waals surface area contributed by atoms with E-state index in [-0.39, 0.29) is 18.4 Å². The maximum absolute atomic E-state index is 12.1. The Morgan fingerprint density at radius 2 is 2.24 bits per heavy atom. The number of amides is 1. The largest absolute Gasteiger partial charge is 0.482 e. The van der Waals surface area contributed by atoms with Gasteiger partial charge in [0.25, 0.3) is 5.91 Å². The fraction of sp³-hybridized carbons (Fsp3) is 0.429. The van der Waals surface area contributed by atoms with Gasteiger partial charge in [0.15, 0.2) is 6.61 Å². The van der Waals surface area contributed by atoms with Gasteiger partial charge < -0.3 is 14.7 Å². The Morgan fingerprint density at radius 1 is 1.52 bits per heavy atom. The minimum absolute atomic E-state index is 0.0530. The summed E-state index contributed by atoms with van der Waals surface area (Å²) in [5.41, 5.74) is 0. The Kier molecular flexibility index (Phi) is 5.11. The molecule has 0 radical (unpaired) electrons. The van der Waals surface area contributed by atoms with Crippen LogP contribution in [0, 0.1) is 5.92 Å². The first-order chi connectivity index (χ1) is 9.90. The van der Waals surface area contributed by atoms with Gasteiger partial charge in [0.05, 0.1) is 5.02 Å². The van der Waals surface area contributed by atoms with Crippen molar-refractivity contribution in [1.82, 2.24) is 4.90 Å². The molecule has 2 atom stereocenters. The zero-order chi connectivity index (χ0) is 15.6. The Morgan fingerprint density at radius 3 is 2.86 bits per heavy atom. The fourth-order valence-corrected chi connectivity index (χ4v) is 3.15. The zero-order valence-electron chi connectivity index (χ0n) is 11.4. The molecule has 0 spiro atoms. The summed E-state index contributed by atoms with van der Waals surface area (Å²) >= 11 is 9.28. The molecule has 2 unspecified atom stereocenters. The highest BCUT2D eigenvalue weighted by Gasteiger charge is 2.39. The van der Waals surface area contributed by atoms with Gasteiger partial charge in [0.1, 0.15) is 11.8 Å². The number of carboxylic acid groups (broad SMARTS) is 1. The summed E-state index contributed by atoms with van der Waals surface area (Å²) in [6, 6.07) is 4.30. The molecular formula is C14H15BrClNO4. The van der Waals surface area contributed by atoms with E-state index in [2.05, 4.69) is 15.9 Å². The molecule has 1 heterocycles. The predicted molar refractivity (Wildman–Crippen MR) is 81.6 cm³/mol. The lowest BCUT2D eigenvalue weighted by Gasteiger charge is -2.23. The van der Waals surface area contributed by atoms with Crippen molar-refractivity contribution in [1.29, 1.82) is 0 Å². The molecule has 0 bridgehead atoms. The van der Waals surface area contributed by atoms with Crippen LogP contribution in [0.15, 0.2) is 22.7 Å². The van der Waals surface area contributed by atoms with Crippen molar-refractivity contribution in [2.45, 2.75) is 19.4 Å². The lowest BCUT2D eigenvalue weighted by molar-refractivity contribution is -0.150. The van der Waals surface area contributed by atoms with Crippen LogP contribution in [0.3, 0.4) is 0 Å². The minimum Gasteiger partial charge on any atom is -0.482 e. The zero-order valence-corrected chi connectivity index (χ0v) is 13.7. The van der Waals surface area contributed by atoms with Crippen LogP contribution in [0.4, 0.5) is 0 Å². The maximum atomic E-state index is 12.1. The van der Waals surface area contributed by atoms with Crippen LogP contribution in [-0.4, -0.2) is 41.1 Å². The van der Waals surface area contributed by atoms with Crippen LogP contribution in [0.25, 0.3) is 0 Å². The van der Waals surface area contributed by atoms with Gasteiger partial charge in [-0.2, -0.15) is 0 Å². The van der Waals surface area contributed by atoms with E-state index in [4.69, 9.17) is 16.3 Å². The normalized spacial score (nSPS) is 21.4. The summed E-state index contributed by atoms with van der Waals surface area (Å²) in [6.07, 6.45) is 0.682. The van der Waals surface area contributed by atoms with Crippen molar-refractivity contribution in [2.75, 3.05) is 13.2 Å². The summed E-state index contributed by atoms with van der Waals surface area (Å²) in [6.45, 7) is 2.05. The highest BCUT2D eigenvalue weighted by atomic mass is 79.9. The van der Waals surface area contributed by atoms with E-state index in [0.29, 0.717) is 23.7 Å². The van der Waals surface area contributed by atoms with Crippen LogP contribution in [0.2, 0.25) is 5.02 Å². The number of ether oxygens (including phenoxy) is 1. The summed E-state index contributed by atoms with van der Waals surface area (Å²) in [5.74, 6) is -0.976. The van der Waals surface area contributed by atoms with Crippen molar-refractivity contribution in [3.63, 3.8) is 0 Å². The van der Waals surface area contributed by atoms with Gasteiger partial charge in [-0.1, -0.05) is 34.5 Å². The van der Waals surface area contributed by atoms with Gasteiger partial charge in [-0.15, -0.1) is 0 Å². The lowest BCUT2D eigenvalue weighted by atomic mass is 10.0. The average molecular weight is 377 g/mol. The Bertz CT molecular complexity index is 566. The van der Waals surface area contributed by atoms with Gasteiger partial charge >= 0.3 is 5.97 Å². The second-order valence-corrected chi connectivity index (χ2v) is 6.32. The fourth-order valence-electron chi connectivity index (χ4n) is 2.42. The standard InChI is InChI=1S/C14H15BrClNO4/c1-8-4-5-17(13(8)14(19)20)12(18)7-21-11-3-2-9(15)6-10(11)16/h2-3,6,8,13H,4-5,7H2,1H3,(H,19,20). The molecule has 7 heteroatoms. The average Bonchev–Trinajstić information content (AvgIpc) is 2.79. The van der Waals surface area contributed by atoms with Crippen molar-refractivity contribution < 1.29 is 19.4 Å². The molecule has 1 fully saturated rings. The van der Waals surface area contributed by atoms with Gasteiger partial charge in [0, 0.05) is 11.0 Å². The molecule has 0 saturated carbocycles. The number of carbonyl (C=O) groups is 2. The van der Waals surface area contributed by atoms with E-state index in [1.807, 2.05) is 6.92 Å². The molecule has 0 aromatic heterocycles. The first-order valence-electron chi connectivity index (χ1n) is 6.50. The number of halogens is 2. The van der Waals surface area contributed by atoms with Gasteiger partial charge in [0.2, 0.25) is 0 Å². The number of hydrogen-bond donors (Lipinski definition) is 1. The van der Waals surface area contributed by atoms with Crippen molar-refractivity contribution in [2.24, 2.45) is 5.92 Å². The second kappa shape index (κ2) is 6.66. The molecule has 21 heavy (non-hydrogen) atoms. The molecule has 1 N–H and O–H groups in total. The smallest absolute Gasteiger partial charge is 0.326 e. The Labute approximate surface area is 136 Å². The topological polar surface area (TPSA) is 66.8 Å². The van der Waals surface area contributed by atoms with Crippen molar-refractivity contribution in [3.8, 4) is 5.75 Å².